The molecular weight excluding hydrogens is 344 g/mol. The van der Waals surface area contributed by atoms with Crippen LogP contribution in [0, 0.1) is 0 Å². The van der Waals surface area contributed by atoms with Crippen molar-refractivity contribution in [2.24, 2.45) is 0 Å². The van der Waals surface area contributed by atoms with Crippen molar-refractivity contribution >= 4 is 29.1 Å². The lowest BCUT2D eigenvalue weighted by Crippen LogP contribution is -2.46. The van der Waals surface area contributed by atoms with E-state index in [9.17, 15) is 9.59 Å². The summed E-state index contributed by atoms with van der Waals surface area (Å²) < 4.78 is 4.53. The van der Waals surface area contributed by atoms with E-state index in [0.29, 0.717) is 5.69 Å². The molecule has 1 N–H and O–H groups in total. The van der Waals surface area contributed by atoms with Crippen LogP contribution in [-0.2, 0) is 14.3 Å². The van der Waals surface area contributed by atoms with Gasteiger partial charge >= 0.3 is 5.97 Å². The molecule has 0 atom stereocenters. The van der Waals surface area contributed by atoms with Crippen molar-refractivity contribution in [2.75, 3.05) is 48.4 Å². The minimum Gasteiger partial charge on any atom is -0.469 e. The summed E-state index contributed by atoms with van der Waals surface area (Å²) in [5.41, 5.74) is 1.87. The molecule has 2 heterocycles. The number of benzene rings is 1. The number of methoxy groups -OCH3 is 1. The largest absolute Gasteiger partial charge is 0.469 e. The molecule has 1 saturated heterocycles. The van der Waals surface area contributed by atoms with Crippen LogP contribution >= 0.6 is 0 Å². The van der Waals surface area contributed by atoms with Gasteiger partial charge in [-0.3, -0.25) is 9.59 Å². The third-order valence-corrected chi connectivity index (χ3v) is 4.54. The first-order valence-corrected chi connectivity index (χ1v) is 9.03. The number of amides is 1. The number of pyridine rings is 1. The minimum atomic E-state index is -0.395. The van der Waals surface area contributed by atoms with Crippen LogP contribution in [0.3, 0.4) is 0 Å². The Morgan fingerprint density at radius 2 is 1.70 bits per heavy atom. The molecule has 0 unspecified atom stereocenters. The number of anilines is 3. The maximum Gasteiger partial charge on any atom is 0.306 e. The van der Waals surface area contributed by atoms with Gasteiger partial charge < -0.3 is 19.9 Å². The summed E-state index contributed by atoms with van der Waals surface area (Å²) in [5, 5.41) is 2.74. The van der Waals surface area contributed by atoms with Gasteiger partial charge in [0.05, 0.1) is 25.4 Å². The van der Waals surface area contributed by atoms with Crippen molar-refractivity contribution in [1.29, 1.82) is 0 Å². The molecule has 1 aliphatic rings. The standard InChI is InChI=1S/C20H24N4O3/c1-27-20(26)10-9-19(25)22-16-7-8-18(21-15-16)24-13-11-23(12-14-24)17-5-3-2-4-6-17/h2-8,15H,9-14H2,1H3,(H,22,25). The molecule has 1 fully saturated rings. The quantitative estimate of drug-likeness (QED) is 0.789. The van der Waals surface area contributed by atoms with E-state index in [1.807, 2.05) is 18.2 Å². The Labute approximate surface area is 158 Å². The molecule has 3 rings (SSSR count). The van der Waals surface area contributed by atoms with Crippen molar-refractivity contribution in [2.45, 2.75) is 12.8 Å². The molecule has 1 aromatic heterocycles. The number of hydrogen-bond donors (Lipinski definition) is 1. The lowest BCUT2D eigenvalue weighted by atomic mass is 10.2. The lowest BCUT2D eigenvalue weighted by molar-refractivity contribution is -0.141. The molecule has 0 radical (unpaired) electrons. The van der Waals surface area contributed by atoms with Crippen LogP contribution in [0.1, 0.15) is 12.8 Å². The molecule has 0 aliphatic carbocycles. The number of nitrogens with zero attached hydrogens (tertiary/aromatic N) is 3. The van der Waals surface area contributed by atoms with Crippen molar-refractivity contribution in [1.82, 2.24) is 4.98 Å². The van der Waals surface area contributed by atoms with E-state index in [1.54, 1.807) is 6.20 Å². The second-order valence-corrected chi connectivity index (χ2v) is 6.34. The van der Waals surface area contributed by atoms with Crippen molar-refractivity contribution in [3.05, 3.63) is 48.7 Å². The number of carbonyl (C=O) groups is 2. The van der Waals surface area contributed by atoms with E-state index < -0.39 is 5.97 Å². The predicted molar refractivity (Wildman–Crippen MR) is 105 cm³/mol. The normalized spacial score (nSPS) is 14.0. The first-order valence-electron chi connectivity index (χ1n) is 9.03. The van der Waals surface area contributed by atoms with Gasteiger partial charge in [-0.1, -0.05) is 18.2 Å². The van der Waals surface area contributed by atoms with Gasteiger partial charge in [-0.05, 0) is 24.3 Å². The maximum atomic E-state index is 11.8. The Morgan fingerprint density at radius 1 is 1.00 bits per heavy atom. The number of para-hydroxylation sites is 1. The molecule has 1 aliphatic heterocycles. The van der Waals surface area contributed by atoms with Crippen LogP contribution in [0.15, 0.2) is 48.7 Å². The second-order valence-electron chi connectivity index (χ2n) is 6.34. The molecule has 0 bridgehead atoms. The highest BCUT2D eigenvalue weighted by atomic mass is 16.5. The Hall–Kier alpha value is -3.09. The summed E-state index contributed by atoms with van der Waals surface area (Å²) in [6.45, 7) is 3.68. The van der Waals surface area contributed by atoms with Crippen molar-refractivity contribution in [3.8, 4) is 0 Å². The van der Waals surface area contributed by atoms with E-state index in [4.69, 9.17) is 0 Å². The number of carbonyl (C=O) groups excluding carboxylic acids is 2. The first-order chi connectivity index (χ1) is 13.2. The van der Waals surface area contributed by atoms with Gasteiger partial charge in [-0.2, -0.15) is 0 Å². The van der Waals surface area contributed by atoms with Gasteiger partial charge in [-0.15, -0.1) is 0 Å². The van der Waals surface area contributed by atoms with Crippen LogP contribution in [-0.4, -0.2) is 50.1 Å². The highest BCUT2D eigenvalue weighted by Crippen LogP contribution is 2.20. The van der Waals surface area contributed by atoms with Gasteiger partial charge in [0.1, 0.15) is 5.82 Å². The lowest BCUT2D eigenvalue weighted by Gasteiger charge is -2.36. The summed E-state index contributed by atoms with van der Waals surface area (Å²) in [7, 11) is 1.31. The monoisotopic (exact) mass is 368 g/mol. The van der Waals surface area contributed by atoms with E-state index in [2.05, 4.69) is 49.1 Å². The Balaban J connectivity index is 1.49. The minimum absolute atomic E-state index is 0.0690. The molecule has 27 heavy (non-hydrogen) atoms. The molecule has 142 valence electrons. The van der Waals surface area contributed by atoms with Crippen LogP contribution in [0.25, 0.3) is 0 Å². The predicted octanol–water partition coefficient (Wildman–Crippen LogP) is 2.30. The van der Waals surface area contributed by atoms with E-state index in [0.717, 1.165) is 32.0 Å². The van der Waals surface area contributed by atoms with Crippen LogP contribution in [0.4, 0.5) is 17.2 Å². The average molecular weight is 368 g/mol. The van der Waals surface area contributed by atoms with Crippen molar-refractivity contribution < 1.29 is 14.3 Å². The van der Waals surface area contributed by atoms with Gasteiger partial charge in [0.15, 0.2) is 0 Å². The third-order valence-electron chi connectivity index (χ3n) is 4.54. The van der Waals surface area contributed by atoms with Crippen LogP contribution in [0.5, 0.6) is 0 Å². The topological polar surface area (TPSA) is 74.8 Å². The third kappa shape index (κ3) is 5.20. The zero-order valence-electron chi connectivity index (χ0n) is 15.4. The number of aromatic nitrogens is 1. The molecular formula is C20H24N4O3. The van der Waals surface area contributed by atoms with E-state index >= 15 is 0 Å². The SMILES string of the molecule is COC(=O)CCC(=O)Nc1ccc(N2CCN(c3ccccc3)CC2)nc1. The van der Waals surface area contributed by atoms with Crippen LogP contribution in [0.2, 0.25) is 0 Å². The fraction of sp³-hybridized carbons (Fsp3) is 0.350. The number of piperazine rings is 1. The van der Waals surface area contributed by atoms with Gasteiger partial charge in [0.2, 0.25) is 5.91 Å². The van der Waals surface area contributed by atoms with Crippen LogP contribution < -0.4 is 15.1 Å². The summed E-state index contributed by atoms with van der Waals surface area (Å²) in [5.74, 6) is 0.273. The molecule has 7 nitrogen and oxygen atoms in total. The summed E-state index contributed by atoms with van der Waals surface area (Å²) in [6, 6.07) is 14.1. The van der Waals surface area contributed by atoms with E-state index in [-0.39, 0.29) is 18.7 Å². The summed E-state index contributed by atoms with van der Waals surface area (Å²) >= 11 is 0. The zero-order valence-corrected chi connectivity index (χ0v) is 15.4. The molecule has 0 spiro atoms. The fourth-order valence-electron chi connectivity index (χ4n) is 3.02. The van der Waals surface area contributed by atoms with Gasteiger partial charge in [-0.25, -0.2) is 4.98 Å². The molecule has 1 aromatic carbocycles. The second kappa shape index (κ2) is 9.02. The first kappa shape index (κ1) is 18.7. The Kier molecular flexibility index (Phi) is 6.25. The highest BCUT2D eigenvalue weighted by Gasteiger charge is 2.18. The smallest absolute Gasteiger partial charge is 0.306 e. The fourth-order valence-corrected chi connectivity index (χ4v) is 3.02. The Morgan fingerprint density at radius 3 is 2.33 bits per heavy atom. The van der Waals surface area contributed by atoms with Gasteiger partial charge in [0.25, 0.3) is 0 Å². The van der Waals surface area contributed by atoms with E-state index in [1.165, 1.54) is 12.8 Å². The summed E-state index contributed by atoms with van der Waals surface area (Å²) in [6.07, 6.45) is 1.81. The number of nitrogens with one attached hydrogen (secondary N) is 1. The Bertz CT molecular complexity index is 757. The number of ether oxygens (including phenoxy) is 1. The molecule has 1 amide bonds. The number of esters is 1. The highest BCUT2D eigenvalue weighted by molar-refractivity contribution is 5.92. The molecule has 7 heteroatoms. The molecule has 2 aromatic rings. The summed E-state index contributed by atoms with van der Waals surface area (Å²) in [4.78, 5) is 32.0. The molecule has 0 saturated carbocycles. The zero-order chi connectivity index (χ0) is 19.1. The van der Waals surface area contributed by atoms with Crippen molar-refractivity contribution in [3.63, 3.8) is 0 Å². The average Bonchev–Trinajstić information content (AvgIpc) is 2.73. The maximum absolute atomic E-state index is 11.8. The van der Waals surface area contributed by atoms with Gasteiger partial charge in [0, 0.05) is 38.3 Å². The number of hydrogen-bond acceptors (Lipinski definition) is 6. The number of rotatable bonds is 6.